The molecule has 0 saturated heterocycles. The highest BCUT2D eigenvalue weighted by Crippen LogP contribution is 2.28. The van der Waals surface area contributed by atoms with Gasteiger partial charge in [0.05, 0.1) is 29.4 Å². The maximum atomic E-state index is 6.09. The van der Waals surface area contributed by atoms with E-state index in [0.717, 1.165) is 41.7 Å². The maximum absolute atomic E-state index is 6.09. The number of fused-ring (bicyclic) bond motifs is 2. The van der Waals surface area contributed by atoms with Gasteiger partial charge in [-0.1, -0.05) is 6.07 Å². The van der Waals surface area contributed by atoms with Gasteiger partial charge in [-0.05, 0) is 18.6 Å². The zero-order valence-electron chi connectivity index (χ0n) is 11.5. The van der Waals surface area contributed by atoms with Crippen molar-refractivity contribution in [2.24, 2.45) is 12.8 Å². The van der Waals surface area contributed by atoms with Crippen molar-refractivity contribution >= 4 is 11.0 Å². The average molecular weight is 267 g/mol. The molecular weight excluding hydrogens is 250 g/mol. The van der Waals surface area contributed by atoms with Crippen LogP contribution in [0.1, 0.15) is 12.1 Å². The molecule has 1 aliphatic rings. The Morgan fingerprint density at radius 1 is 1.25 bits per heavy atom. The summed E-state index contributed by atoms with van der Waals surface area (Å²) >= 11 is 0. The zero-order valence-corrected chi connectivity index (χ0v) is 11.5. The topological polar surface area (TPSA) is 61.7 Å². The first-order valence-corrected chi connectivity index (χ1v) is 6.93. The van der Waals surface area contributed by atoms with Crippen molar-refractivity contribution in [1.82, 2.24) is 19.1 Å². The molecule has 1 atom stereocenters. The highest BCUT2D eigenvalue weighted by atomic mass is 15.1. The van der Waals surface area contributed by atoms with Crippen molar-refractivity contribution in [1.29, 1.82) is 0 Å². The molecule has 0 amide bonds. The van der Waals surface area contributed by atoms with Gasteiger partial charge in [-0.25, -0.2) is 9.97 Å². The Labute approximate surface area is 117 Å². The number of hydrogen-bond donors (Lipinski definition) is 1. The van der Waals surface area contributed by atoms with E-state index in [1.165, 1.54) is 5.69 Å². The van der Waals surface area contributed by atoms with Gasteiger partial charge in [-0.2, -0.15) is 0 Å². The highest BCUT2D eigenvalue weighted by Gasteiger charge is 2.20. The van der Waals surface area contributed by atoms with Crippen molar-refractivity contribution in [2.75, 3.05) is 0 Å². The van der Waals surface area contributed by atoms with Crippen LogP contribution in [-0.4, -0.2) is 25.1 Å². The van der Waals surface area contributed by atoms with Crippen LogP contribution in [-0.2, 0) is 20.0 Å². The van der Waals surface area contributed by atoms with Crippen LogP contribution in [0.3, 0.4) is 0 Å². The molecule has 3 heterocycles. The van der Waals surface area contributed by atoms with Gasteiger partial charge >= 0.3 is 0 Å². The standard InChI is InChI=1S/C15H17N5/c1-19-8-17-12-6-10(2-3-13(12)19)15-14-7-11(16)4-5-20(14)9-18-15/h2-3,6,8-9,11H,4-5,7,16H2,1H3. The van der Waals surface area contributed by atoms with Gasteiger partial charge in [-0.3, -0.25) is 0 Å². The Bertz CT molecular complexity index is 783. The summed E-state index contributed by atoms with van der Waals surface area (Å²) in [5.41, 5.74) is 11.7. The SMILES string of the molecule is Cn1cnc2cc(-c3ncn4c3CC(N)CC4)ccc21. The molecule has 102 valence electrons. The van der Waals surface area contributed by atoms with Gasteiger partial charge in [-0.15, -0.1) is 0 Å². The Morgan fingerprint density at radius 2 is 2.15 bits per heavy atom. The summed E-state index contributed by atoms with van der Waals surface area (Å²) in [6.45, 7) is 0.968. The summed E-state index contributed by atoms with van der Waals surface area (Å²) in [4.78, 5) is 9.01. The molecule has 0 aliphatic carbocycles. The largest absolute Gasteiger partial charge is 0.334 e. The normalized spacial score (nSPS) is 18.4. The molecule has 0 spiro atoms. The van der Waals surface area contributed by atoms with Crippen LogP contribution < -0.4 is 5.73 Å². The minimum Gasteiger partial charge on any atom is -0.334 e. The molecule has 0 fully saturated rings. The number of imidazole rings is 2. The number of hydrogen-bond acceptors (Lipinski definition) is 3. The van der Waals surface area contributed by atoms with E-state index in [-0.39, 0.29) is 6.04 Å². The third-order valence-electron chi connectivity index (χ3n) is 4.14. The first kappa shape index (κ1) is 11.7. The predicted octanol–water partition coefficient (Wildman–Crippen LogP) is 1.71. The summed E-state index contributed by atoms with van der Waals surface area (Å²) in [5.74, 6) is 0. The molecular formula is C15H17N5. The predicted molar refractivity (Wildman–Crippen MR) is 78.2 cm³/mol. The number of nitrogens with zero attached hydrogens (tertiary/aromatic N) is 4. The smallest absolute Gasteiger partial charge is 0.0956 e. The van der Waals surface area contributed by atoms with E-state index in [0.29, 0.717) is 0 Å². The average Bonchev–Trinajstić information content (AvgIpc) is 3.02. The van der Waals surface area contributed by atoms with Gasteiger partial charge < -0.3 is 14.9 Å². The Balaban J connectivity index is 1.85. The van der Waals surface area contributed by atoms with Crippen LogP contribution >= 0.6 is 0 Å². The lowest BCUT2D eigenvalue weighted by atomic mass is 10.0. The van der Waals surface area contributed by atoms with Crippen LogP contribution in [0.5, 0.6) is 0 Å². The number of benzene rings is 1. The summed E-state index contributed by atoms with van der Waals surface area (Å²) in [5, 5.41) is 0. The second-order valence-electron chi connectivity index (χ2n) is 5.55. The fourth-order valence-electron chi connectivity index (χ4n) is 2.99. The van der Waals surface area contributed by atoms with Crippen molar-refractivity contribution < 1.29 is 0 Å². The molecule has 5 heteroatoms. The third kappa shape index (κ3) is 1.67. The van der Waals surface area contributed by atoms with Crippen LogP contribution in [0.4, 0.5) is 0 Å². The highest BCUT2D eigenvalue weighted by molar-refractivity contribution is 5.81. The van der Waals surface area contributed by atoms with E-state index in [1.54, 1.807) is 0 Å². The minimum absolute atomic E-state index is 0.247. The van der Waals surface area contributed by atoms with Gasteiger partial charge in [0, 0.05) is 37.3 Å². The van der Waals surface area contributed by atoms with E-state index in [1.807, 2.05) is 24.3 Å². The molecule has 1 aliphatic heterocycles. The molecule has 3 aromatic rings. The second kappa shape index (κ2) is 4.18. The van der Waals surface area contributed by atoms with E-state index in [2.05, 4.69) is 32.7 Å². The zero-order chi connectivity index (χ0) is 13.7. The molecule has 0 radical (unpaired) electrons. The fourth-order valence-corrected chi connectivity index (χ4v) is 2.99. The molecule has 2 aromatic heterocycles. The van der Waals surface area contributed by atoms with E-state index in [4.69, 9.17) is 5.73 Å². The van der Waals surface area contributed by atoms with Crippen LogP contribution in [0.15, 0.2) is 30.9 Å². The number of aryl methyl sites for hydroxylation is 2. The van der Waals surface area contributed by atoms with Crippen LogP contribution in [0, 0.1) is 0 Å². The molecule has 2 N–H and O–H groups in total. The van der Waals surface area contributed by atoms with Crippen LogP contribution in [0.2, 0.25) is 0 Å². The quantitative estimate of drug-likeness (QED) is 0.730. The van der Waals surface area contributed by atoms with Crippen molar-refractivity contribution in [2.45, 2.75) is 25.4 Å². The molecule has 0 saturated carbocycles. The van der Waals surface area contributed by atoms with Gasteiger partial charge in [0.2, 0.25) is 0 Å². The van der Waals surface area contributed by atoms with Gasteiger partial charge in [0.1, 0.15) is 0 Å². The van der Waals surface area contributed by atoms with Crippen molar-refractivity contribution in [3.63, 3.8) is 0 Å². The lowest BCUT2D eigenvalue weighted by molar-refractivity contribution is 0.472. The summed E-state index contributed by atoms with van der Waals surface area (Å²) in [6, 6.07) is 6.58. The molecule has 5 nitrogen and oxygen atoms in total. The molecule has 0 bridgehead atoms. The van der Waals surface area contributed by atoms with E-state index < -0.39 is 0 Å². The molecule has 4 rings (SSSR count). The second-order valence-corrected chi connectivity index (χ2v) is 5.55. The molecule has 1 unspecified atom stereocenters. The number of aromatic nitrogens is 4. The minimum atomic E-state index is 0.247. The van der Waals surface area contributed by atoms with Crippen LogP contribution in [0.25, 0.3) is 22.3 Å². The number of nitrogens with two attached hydrogens (primary N) is 1. The van der Waals surface area contributed by atoms with Gasteiger partial charge in [0.15, 0.2) is 0 Å². The van der Waals surface area contributed by atoms with E-state index >= 15 is 0 Å². The molecule has 1 aromatic carbocycles. The first-order chi connectivity index (χ1) is 9.72. The maximum Gasteiger partial charge on any atom is 0.0956 e. The van der Waals surface area contributed by atoms with Gasteiger partial charge in [0.25, 0.3) is 0 Å². The summed E-state index contributed by atoms with van der Waals surface area (Å²) in [6.07, 6.45) is 5.70. The number of rotatable bonds is 1. The lowest BCUT2D eigenvalue weighted by Gasteiger charge is -2.21. The first-order valence-electron chi connectivity index (χ1n) is 6.93. The fraction of sp³-hybridized carbons (Fsp3) is 0.333. The Hall–Kier alpha value is -2.14. The van der Waals surface area contributed by atoms with Crippen molar-refractivity contribution in [3.05, 3.63) is 36.5 Å². The van der Waals surface area contributed by atoms with Crippen molar-refractivity contribution in [3.8, 4) is 11.3 Å². The summed E-state index contributed by atoms with van der Waals surface area (Å²) < 4.78 is 4.25. The summed E-state index contributed by atoms with van der Waals surface area (Å²) in [7, 11) is 2.01. The lowest BCUT2D eigenvalue weighted by Crippen LogP contribution is -2.30. The van der Waals surface area contributed by atoms with E-state index in [9.17, 15) is 0 Å². The monoisotopic (exact) mass is 267 g/mol. The molecule has 20 heavy (non-hydrogen) atoms. The Kier molecular flexibility index (Phi) is 2.44. The third-order valence-corrected chi connectivity index (χ3v) is 4.14. The Morgan fingerprint density at radius 3 is 3.05 bits per heavy atom.